The maximum absolute atomic E-state index is 9.48. The van der Waals surface area contributed by atoms with Gasteiger partial charge in [-0.25, -0.2) is 0 Å². The van der Waals surface area contributed by atoms with Gasteiger partial charge in [0.25, 0.3) is 0 Å². The Morgan fingerprint density at radius 1 is 1.36 bits per heavy atom. The van der Waals surface area contributed by atoms with Crippen LogP contribution in [0.3, 0.4) is 0 Å². The highest BCUT2D eigenvalue weighted by Crippen LogP contribution is 2.37. The van der Waals surface area contributed by atoms with E-state index in [1.54, 1.807) is 4.90 Å². The van der Waals surface area contributed by atoms with Crippen LogP contribution in [0.2, 0.25) is 0 Å². The van der Waals surface area contributed by atoms with E-state index in [1.165, 1.54) is 0 Å². The molecule has 1 heterocycles. The first kappa shape index (κ1) is 6.93. The molecule has 0 bridgehead atoms. The predicted molar refractivity (Wildman–Crippen MR) is 39.4 cm³/mol. The molecule has 1 aliphatic carbocycles. The van der Waals surface area contributed by atoms with Gasteiger partial charge in [-0.3, -0.25) is 0 Å². The number of fused-ring (bicyclic) bond motifs is 1. The van der Waals surface area contributed by atoms with Crippen molar-refractivity contribution < 1.29 is 5.11 Å². The van der Waals surface area contributed by atoms with Crippen LogP contribution < -0.4 is 0 Å². The maximum atomic E-state index is 9.48. The zero-order valence-electron chi connectivity index (χ0n) is 6.40. The minimum Gasteiger partial charge on any atom is -0.393 e. The van der Waals surface area contributed by atoms with Crippen LogP contribution in [0.15, 0.2) is 0 Å². The summed E-state index contributed by atoms with van der Waals surface area (Å²) < 4.78 is 0. The van der Waals surface area contributed by atoms with Gasteiger partial charge < -0.3 is 10.0 Å². The first-order valence-electron chi connectivity index (χ1n) is 4.14. The maximum Gasteiger partial charge on any atom is 0.179 e. The summed E-state index contributed by atoms with van der Waals surface area (Å²) in [6, 6.07) is 0. The third-order valence-electron chi connectivity index (χ3n) is 2.96. The zero-order chi connectivity index (χ0) is 7.84. The van der Waals surface area contributed by atoms with Gasteiger partial charge in [0.15, 0.2) is 6.19 Å². The van der Waals surface area contributed by atoms with Crippen molar-refractivity contribution in [1.82, 2.24) is 4.90 Å². The molecule has 0 aromatic heterocycles. The monoisotopic (exact) mass is 152 g/mol. The van der Waals surface area contributed by atoms with Crippen LogP contribution in [0.25, 0.3) is 0 Å². The Bertz CT molecular complexity index is 199. The molecular weight excluding hydrogens is 140 g/mol. The molecule has 2 fully saturated rings. The largest absolute Gasteiger partial charge is 0.393 e. The van der Waals surface area contributed by atoms with Crippen molar-refractivity contribution in [3.63, 3.8) is 0 Å². The molecule has 0 aromatic rings. The normalized spacial score (nSPS) is 42.2. The van der Waals surface area contributed by atoms with Crippen LogP contribution in [-0.4, -0.2) is 29.2 Å². The molecule has 1 aliphatic heterocycles. The van der Waals surface area contributed by atoms with Crippen molar-refractivity contribution >= 4 is 0 Å². The van der Waals surface area contributed by atoms with Crippen LogP contribution in [0.5, 0.6) is 0 Å². The lowest BCUT2D eigenvalue weighted by Crippen LogP contribution is -2.20. The minimum atomic E-state index is -0.140. The molecule has 3 nitrogen and oxygen atoms in total. The average molecular weight is 152 g/mol. The summed E-state index contributed by atoms with van der Waals surface area (Å²) in [4.78, 5) is 1.76. The summed E-state index contributed by atoms with van der Waals surface area (Å²) in [5.74, 6) is 0.972. The Morgan fingerprint density at radius 3 is 2.82 bits per heavy atom. The summed E-state index contributed by atoms with van der Waals surface area (Å²) in [6.45, 7) is 1.65. The number of aliphatic hydroxyl groups is 1. The van der Waals surface area contributed by atoms with Gasteiger partial charge in [-0.05, 0) is 18.8 Å². The fraction of sp³-hybridized carbons (Fsp3) is 0.875. The Balaban J connectivity index is 2.05. The van der Waals surface area contributed by atoms with Gasteiger partial charge in [0.2, 0.25) is 0 Å². The number of nitriles is 1. The molecule has 1 saturated heterocycles. The van der Waals surface area contributed by atoms with Crippen molar-refractivity contribution in [3.8, 4) is 6.19 Å². The summed E-state index contributed by atoms with van der Waals surface area (Å²) in [5.41, 5.74) is 0. The van der Waals surface area contributed by atoms with Crippen LogP contribution in [-0.2, 0) is 0 Å². The molecule has 0 radical (unpaired) electrons. The van der Waals surface area contributed by atoms with Crippen LogP contribution in [0, 0.1) is 23.3 Å². The lowest BCUT2D eigenvalue weighted by Gasteiger charge is -2.11. The van der Waals surface area contributed by atoms with E-state index in [2.05, 4.69) is 6.19 Å². The van der Waals surface area contributed by atoms with E-state index in [9.17, 15) is 5.11 Å². The lowest BCUT2D eigenvalue weighted by atomic mass is 10.00. The highest BCUT2D eigenvalue weighted by Gasteiger charge is 2.41. The second-order valence-electron chi connectivity index (χ2n) is 3.57. The van der Waals surface area contributed by atoms with Gasteiger partial charge in [-0.15, -0.1) is 0 Å². The van der Waals surface area contributed by atoms with Gasteiger partial charge in [0.05, 0.1) is 6.10 Å². The van der Waals surface area contributed by atoms with E-state index in [4.69, 9.17) is 5.26 Å². The summed E-state index contributed by atoms with van der Waals surface area (Å²) in [6.07, 6.45) is 4.04. The summed E-state index contributed by atoms with van der Waals surface area (Å²) in [5, 5.41) is 18.1. The van der Waals surface area contributed by atoms with Crippen LogP contribution in [0.4, 0.5) is 0 Å². The number of hydrogen-bond donors (Lipinski definition) is 1. The molecular formula is C8H12N2O. The van der Waals surface area contributed by atoms with Crippen molar-refractivity contribution in [1.29, 1.82) is 5.26 Å². The highest BCUT2D eigenvalue weighted by molar-refractivity contribution is 4.97. The summed E-state index contributed by atoms with van der Waals surface area (Å²) >= 11 is 0. The molecule has 0 aromatic carbocycles. The van der Waals surface area contributed by atoms with Crippen molar-refractivity contribution in [2.24, 2.45) is 11.8 Å². The Kier molecular flexibility index (Phi) is 1.50. The van der Waals surface area contributed by atoms with Gasteiger partial charge in [-0.2, -0.15) is 5.26 Å². The second-order valence-corrected chi connectivity index (χ2v) is 3.57. The highest BCUT2D eigenvalue weighted by atomic mass is 16.3. The Labute approximate surface area is 66.2 Å². The average Bonchev–Trinajstić information content (AvgIpc) is 2.53. The number of rotatable bonds is 0. The SMILES string of the molecule is N#CN1CC2CCC(O)C2C1. The van der Waals surface area contributed by atoms with Gasteiger partial charge in [0, 0.05) is 19.0 Å². The minimum absolute atomic E-state index is 0.140. The number of nitrogens with zero attached hydrogens (tertiary/aromatic N) is 2. The second kappa shape index (κ2) is 2.38. The molecule has 3 atom stereocenters. The third-order valence-corrected chi connectivity index (χ3v) is 2.96. The van der Waals surface area contributed by atoms with E-state index in [0.29, 0.717) is 11.8 Å². The summed E-state index contributed by atoms with van der Waals surface area (Å²) in [7, 11) is 0. The Morgan fingerprint density at radius 2 is 2.18 bits per heavy atom. The number of hydrogen-bond acceptors (Lipinski definition) is 3. The quantitative estimate of drug-likeness (QED) is 0.503. The number of aliphatic hydroxyl groups excluding tert-OH is 1. The van der Waals surface area contributed by atoms with Gasteiger partial charge in [0.1, 0.15) is 0 Å². The van der Waals surface area contributed by atoms with E-state index in [1.807, 2.05) is 0 Å². The van der Waals surface area contributed by atoms with Crippen LogP contribution >= 0.6 is 0 Å². The molecule has 0 amide bonds. The third kappa shape index (κ3) is 0.982. The van der Waals surface area contributed by atoms with E-state index in [0.717, 1.165) is 25.9 Å². The molecule has 3 unspecified atom stereocenters. The fourth-order valence-electron chi connectivity index (χ4n) is 2.32. The van der Waals surface area contributed by atoms with E-state index >= 15 is 0 Å². The number of likely N-dealkylation sites (tertiary alicyclic amines) is 1. The molecule has 2 aliphatic rings. The van der Waals surface area contributed by atoms with Gasteiger partial charge >= 0.3 is 0 Å². The van der Waals surface area contributed by atoms with Crippen molar-refractivity contribution in [3.05, 3.63) is 0 Å². The van der Waals surface area contributed by atoms with E-state index < -0.39 is 0 Å². The molecule has 0 spiro atoms. The van der Waals surface area contributed by atoms with E-state index in [-0.39, 0.29) is 6.10 Å². The fourth-order valence-corrected chi connectivity index (χ4v) is 2.32. The smallest absolute Gasteiger partial charge is 0.179 e. The van der Waals surface area contributed by atoms with Gasteiger partial charge in [-0.1, -0.05) is 0 Å². The molecule has 60 valence electrons. The standard InChI is InChI=1S/C8H12N2O/c9-5-10-3-6-1-2-8(11)7(6)4-10/h6-8,11H,1-4H2. The zero-order valence-corrected chi connectivity index (χ0v) is 6.40. The van der Waals surface area contributed by atoms with Crippen molar-refractivity contribution in [2.75, 3.05) is 13.1 Å². The molecule has 1 saturated carbocycles. The predicted octanol–water partition coefficient (Wildman–Crippen LogP) is 0.170. The first-order valence-corrected chi connectivity index (χ1v) is 4.14. The Hall–Kier alpha value is -0.750. The molecule has 1 N–H and O–H groups in total. The molecule has 11 heavy (non-hydrogen) atoms. The lowest BCUT2D eigenvalue weighted by molar-refractivity contribution is 0.128. The van der Waals surface area contributed by atoms with Crippen LogP contribution in [0.1, 0.15) is 12.8 Å². The molecule has 3 heteroatoms. The van der Waals surface area contributed by atoms with Crippen molar-refractivity contribution in [2.45, 2.75) is 18.9 Å². The first-order chi connectivity index (χ1) is 5.31. The molecule has 2 rings (SSSR count). The topological polar surface area (TPSA) is 47.3 Å².